The van der Waals surface area contributed by atoms with Gasteiger partial charge in [-0.3, -0.25) is 9.89 Å². The van der Waals surface area contributed by atoms with Gasteiger partial charge in [0, 0.05) is 12.0 Å². The lowest BCUT2D eigenvalue weighted by molar-refractivity contribution is 0.0935. The van der Waals surface area contributed by atoms with E-state index in [1.807, 2.05) is 0 Å². The number of nitrogens with two attached hydrogens (primary N) is 1. The molecular formula is C12H16N4O. The molecule has 90 valence electrons. The Morgan fingerprint density at radius 1 is 1.41 bits per heavy atom. The molecule has 1 fully saturated rings. The fourth-order valence-corrected chi connectivity index (χ4v) is 2.21. The Balaban J connectivity index is 1.72. The molecular weight excluding hydrogens is 216 g/mol. The van der Waals surface area contributed by atoms with Gasteiger partial charge >= 0.3 is 0 Å². The SMILES string of the molecule is Nc1c(C(=O)NC2CC=CC2)n[nH]c1C1CC1. The molecule has 2 aliphatic rings. The number of nitrogens with zero attached hydrogens (tertiary/aromatic N) is 1. The summed E-state index contributed by atoms with van der Waals surface area (Å²) in [7, 11) is 0. The molecule has 1 aromatic heterocycles. The first kappa shape index (κ1) is 10.4. The van der Waals surface area contributed by atoms with Crippen molar-refractivity contribution in [1.82, 2.24) is 15.5 Å². The van der Waals surface area contributed by atoms with Gasteiger partial charge in [-0.05, 0) is 25.7 Å². The Morgan fingerprint density at radius 2 is 2.12 bits per heavy atom. The van der Waals surface area contributed by atoms with Crippen LogP contribution in [0.1, 0.15) is 47.8 Å². The first-order valence-electron chi connectivity index (χ1n) is 6.05. The van der Waals surface area contributed by atoms with Gasteiger partial charge in [0.1, 0.15) is 0 Å². The van der Waals surface area contributed by atoms with Crippen LogP contribution in [0.5, 0.6) is 0 Å². The molecule has 0 saturated heterocycles. The molecule has 1 saturated carbocycles. The molecule has 0 radical (unpaired) electrons. The minimum absolute atomic E-state index is 0.167. The number of hydrogen-bond donors (Lipinski definition) is 3. The molecule has 1 aromatic rings. The summed E-state index contributed by atoms with van der Waals surface area (Å²) in [5, 5.41) is 9.87. The molecule has 0 atom stereocenters. The van der Waals surface area contributed by atoms with E-state index in [0.29, 0.717) is 17.3 Å². The highest BCUT2D eigenvalue weighted by Gasteiger charge is 2.30. The van der Waals surface area contributed by atoms with E-state index in [0.717, 1.165) is 31.4 Å². The predicted octanol–water partition coefficient (Wildman–Crippen LogP) is 1.32. The molecule has 0 aliphatic heterocycles. The van der Waals surface area contributed by atoms with Crippen molar-refractivity contribution in [2.45, 2.75) is 37.6 Å². The van der Waals surface area contributed by atoms with Crippen LogP contribution >= 0.6 is 0 Å². The van der Waals surface area contributed by atoms with Crippen molar-refractivity contribution in [2.24, 2.45) is 0 Å². The van der Waals surface area contributed by atoms with Crippen molar-refractivity contribution in [3.8, 4) is 0 Å². The van der Waals surface area contributed by atoms with Gasteiger partial charge in [-0.15, -0.1) is 0 Å². The van der Waals surface area contributed by atoms with Crippen LogP contribution in [-0.4, -0.2) is 22.1 Å². The maximum Gasteiger partial charge on any atom is 0.274 e. The molecule has 3 rings (SSSR count). The van der Waals surface area contributed by atoms with Gasteiger partial charge in [0.15, 0.2) is 5.69 Å². The maximum absolute atomic E-state index is 12.0. The summed E-state index contributed by atoms with van der Waals surface area (Å²) in [5.74, 6) is 0.316. The summed E-state index contributed by atoms with van der Waals surface area (Å²) in [5.41, 5.74) is 7.75. The number of aromatic nitrogens is 2. The summed E-state index contributed by atoms with van der Waals surface area (Å²) in [6.07, 6.45) is 8.22. The number of H-pyrrole nitrogens is 1. The van der Waals surface area contributed by atoms with E-state index < -0.39 is 0 Å². The molecule has 0 bridgehead atoms. The quantitative estimate of drug-likeness (QED) is 0.687. The summed E-state index contributed by atoms with van der Waals surface area (Å²) < 4.78 is 0. The highest BCUT2D eigenvalue weighted by Crippen LogP contribution is 2.42. The normalized spacial score (nSPS) is 19.8. The number of anilines is 1. The van der Waals surface area contributed by atoms with E-state index in [1.54, 1.807) is 0 Å². The Hall–Kier alpha value is -1.78. The smallest absolute Gasteiger partial charge is 0.274 e. The molecule has 0 unspecified atom stereocenters. The topological polar surface area (TPSA) is 83.8 Å². The van der Waals surface area contributed by atoms with Crippen LogP contribution in [0.15, 0.2) is 12.2 Å². The van der Waals surface area contributed by atoms with Gasteiger partial charge < -0.3 is 11.1 Å². The van der Waals surface area contributed by atoms with E-state index >= 15 is 0 Å². The summed E-state index contributed by atoms with van der Waals surface area (Å²) in [6.45, 7) is 0. The maximum atomic E-state index is 12.0. The van der Waals surface area contributed by atoms with E-state index in [1.165, 1.54) is 0 Å². The van der Waals surface area contributed by atoms with Crippen LogP contribution in [0.2, 0.25) is 0 Å². The molecule has 1 amide bonds. The van der Waals surface area contributed by atoms with Gasteiger partial charge in [-0.1, -0.05) is 12.2 Å². The number of rotatable bonds is 3. The lowest BCUT2D eigenvalue weighted by atomic mass is 10.2. The molecule has 2 aliphatic carbocycles. The molecule has 5 nitrogen and oxygen atoms in total. The van der Waals surface area contributed by atoms with Gasteiger partial charge in [0.2, 0.25) is 0 Å². The molecule has 0 spiro atoms. The zero-order valence-corrected chi connectivity index (χ0v) is 9.57. The van der Waals surface area contributed by atoms with Crippen molar-refractivity contribution in [3.63, 3.8) is 0 Å². The lowest BCUT2D eigenvalue weighted by Crippen LogP contribution is -2.33. The molecule has 5 heteroatoms. The zero-order valence-electron chi connectivity index (χ0n) is 9.57. The Bertz CT molecular complexity index is 465. The average molecular weight is 232 g/mol. The van der Waals surface area contributed by atoms with Gasteiger partial charge in [-0.25, -0.2) is 0 Å². The van der Waals surface area contributed by atoms with E-state index in [4.69, 9.17) is 5.73 Å². The number of nitrogen functional groups attached to an aromatic ring is 1. The van der Waals surface area contributed by atoms with Crippen LogP contribution in [0.4, 0.5) is 5.69 Å². The lowest BCUT2D eigenvalue weighted by Gasteiger charge is -2.10. The van der Waals surface area contributed by atoms with Crippen LogP contribution in [0, 0.1) is 0 Å². The summed E-state index contributed by atoms with van der Waals surface area (Å²) >= 11 is 0. The highest BCUT2D eigenvalue weighted by molar-refractivity contribution is 5.98. The summed E-state index contributed by atoms with van der Waals surface area (Å²) in [6, 6.07) is 0.197. The van der Waals surface area contributed by atoms with Crippen LogP contribution in [0.25, 0.3) is 0 Å². The number of carbonyl (C=O) groups excluding carboxylic acids is 1. The van der Waals surface area contributed by atoms with Crippen LogP contribution in [0.3, 0.4) is 0 Å². The number of nitrogens with one attached hydrogen (secondary N) is 2. The fourth-order valence-electron chi connectivity index (χ4n) is 2.21. The van der Waals surface area contributed by atoms with Gasteiger partial charge in [0.05, 0.1) is 11.4 Å². The second-order valence-electron chi connectivity index (χ2n) is 4.79. The van der Waals surface area contributed by atoms with Crippen molar-refractivity contribution in [2.75, 3.05) is 5.73 Å². The van der Waals surface area contributed by atoms with Crippen LogP contribution in [-0.2, 0) is 0 Å². The third-order valence-electron chi connectivity index (χ3n) is 3.38. The van der Waals surface area contributed by atoms with E-state index in [2.05, 4.69) is 27.7 Å². The molecule has 1 heterocycles. The molecule has 17 heavy (non-hydrogen) atoms. The number of aromatic amines is 1. The highest BCUT2D eigenvalue weighted by atomic mass is 16.2. The Labute approximate surface area is 99.5 Å². The minimum atomic E-state index is -0.167. The third kappa shape index (κ3) is 1.92. The average Bonchev–Trinajstić information content (AvgIpc) is 2.88. The number of amides is 1. The van der Waals surface area contributed by atoms with Crippen molar-refractivity contribution >= 4 is 11.6 Å². The number of carbonyl (C=O) groups is 1. The van der Waals surface area contributed by atoms with Crippen molar-refractivity contribution in [3.05, 3.63) is 23.5 Å². The van der Waals surface area contributed by atoms with Gasteiger partial charge in [0.25, 0.3) is 5.91 Å². The molecule has 4 N–H and O–H groups in total. The fraction of sp³-hybridized carbons (Fsp3) is 0.500. The first-order chi connectivity index (χ1) is 8.25. The minimum Gasteiger partial charge on any atom is -0.395 e. The second-order valence-corrected chi connectivity index (χ2v) is 4.79. The van der Waals surface area contributed by atoms with Crippen molar-refractivity contribution in [1.29, 1.82) is 0 Å². The van der Waals surface area contributed by atoms with Gasteiger partial charge in [-0.2, -0.15) is 5.10 Å². The second kappa shape index (κ2) is 3.91. The van der Waals surface area contributed by atoms with Crippen LogP contribution < -0.4 is 11.1 Å². The number of hydrogen-bond acceptors (Lipinski definition) is 3. The summed E-state index contributed by atoms with van der Waals surface area (Å²) in [4.78, 5) is 12.0. The Kier molecular flexibility index (Phi) is 2.39. The molecule has 0 aromatic carbocycles. The van der Waals surface area contributed by atoms with E-state index in [9.17, 15) is 4.79 Å². The largest absolute Gasteiger partial charge is 0.395 e. The third-order valence-corrected chi connectivity index (χ3v) is 3.38. The predicted molar refractivity (Wildman–Crippen MR) is 64.6 cm³/mol. The van der Waals surface area contributed by atoms with Crippen molar-refractivity contribution < 1.29 is 4.79 Å². The van der Waals surface area contributed by atoms with E-state index in [-0.39, 0.29) is 11.9 Å². The first-order valence-corrected chi connectivity index (χ1v) is 6.05. The standard InChI is InChI=1S/C12H16N4O/c13-9-10(7-5-6-7)15-16-11(9)12(17)14-8-3-1-2-4-8/h1-2,7-8H,3-6,13H2,(H,14,17)(H,15,16). The Morgan fingerprint density at radius 3 is 2.76 bits per heavy atom. The zero-order chi connectivity index (χ0) is 11.8. The monoisotopic (exact) mass is 232 g/mol.